The molecule has 0 saturated carbocycles. The van der Waals surface area contributed by atoms with E-state index in [9.17, 15) is 37.9 Å². The number of aliphatic hydroxyl groups excluding tert-OH is 3. The Balaban J connectivity index is 2.44. The lowest BCUT2D eigenvalue weighted by Gasteiger charge is -2.40. The van der Waals surface area contributed by atoms with Crippen molar-refractivity contribution in [1.29, 1.82) is 0 Å². The normalized spacial score (nSPS) is 20.3. The van der Waals surface area contributed by atoms with Gasteiger partial charge in [-0.1, -0.05) is 172 Å². The minimum Gasteiger partial charge on any atom is -0.462 e. The molecule has 1 aliphatic rings. The molecular weight excluding hydrogens is 813 g/mol. The number of hydrogen-bond donors (Lipinski definition) is 4. The maximum atomic E-state index is 12.8. The van der Waals surface area contributed by atoms with E-state index in [2.05, 4.69) is 62.5 Å². The fraction of sp³-hybridized carbons (Fsp3) is 0.796. The van der Waals surface area contributed by atoms with Crippen molar-refractivity contribution in [3.05, 3.63) is 48.6 Å². The van der Waals surface area contributed by atoms with Crippen molar-refractivity contribution in [1.82, 2.24) is 0 Å². The Kier molecular flexibility index (Phi) is 36.3. The molecule has 12 nitrogen and oxygen atoms in total. The molecule has 13 heteroatoms. The highest BCUT2D eigenvalue weighted by atomic mass is 32.2. The number of aliphatic hydroxyl groups is 3. The molecule has 1 saturated heterocycles. The average molecular weight is 899 g/mol. The monoisotopic (exact) mass is 899 g/mol. The van der Waals surface area contributed by atoms with Gasteiger partial charge in [0.1, 0.15) is 36.8 Å². The highest BCUT2D eigenvalue weighted by molar-refractivity contribution is 7.85. The summed E-state index contributed by atoms with van der Waals surface area (Å²) in [6, 6.07) is 0. The second-order valence-corrected chi connectivity index (χ2v) is 18.3. The van der Waals surface area contributed by atoms with Crippen molar-refractivity contribution in [2.75, 3.05) is 19.0 Å². The van der Waals surface area contributed by atoms with Crippen LogP contribution < -0.4 is 0 Å². The largest absolute Gasteiger partial charge is 0.462 e. The van der Waals surface area contributed by atoms with E-state index in [1.807, 2.05) is 0 Å². The van der Waals surface area contributed by atoms with Gasteiger partial charge in [0.15, 0.2) is 12.4 Å². The van der Waals surface area contributed by atoms with Crippen LogP contribution >= 0.6 is 0 Å². The Morgan fingerprint density at radius 2 is 0.968 bits per heavy atom. The second kappa shape index (κ2) is 39.0. The molecule has 62 heavy (non-hydrogen) atoms. The number of unbranched alkanes of at least 4 members (excludes halogenated alkanes) is 20. The van der Waals surface area contributed by atoms with Crippen molar-refractivity contribution in [3.8, 4) is 0 Å². The molecular formula is C49H86O12S. The molecule has 1 heterocycles. The van der Waals surface area contributed by atoms with Gasteiger partial charge in [-0.15, -0.1) is 0 Å². The van der Waals surface area contributed by atoms with Gasteiger partial charge in [0.25, 0.3) is 10.1 Å². The van der Waals surface area contributed by atoms with Gasteiger partial charge >= 0.3 is 11.9 Å². The molecule has 1 fully saturated rings. The Labute approximate surface area is 375 Å². The summed E-state index contributed by atoms with van der Waals surface area (Å²) in [6.07, 6.45) is 37.2. The maximum absolute atomic E-state index is 12.8. The van der Waals surface area contributed by atoms with Crippen molar-refractivity contribution >= 4 is 22.1 Å². The quantitative estimate of drug-likeness (QED) is 0.0198. The summed E-state index contributed by atoms with van der Waals surface area (Å²) >= 11 is 0. The molecule has 1 aliphatic heterocycles. The topological polar surface area (TPSA) is 186 Å². The molecule has 0 aromatic carbocycles. The van der Waals surface area contributed by atoms with Gasteiger partial charge in [0.2, 0.25) is 0 Å². The van der Waals surface area contributed by atoms with Crippen LogP contribution in [0.15, 0.2) is 48.6 Å². The van der Waals surface area contributed by atoms with Gasteiger partial charge in [-0.2, -0.15) is 8.42 Å². The molecule has 0 bridgehead atoms. The Bertz CT molecular complexity index is 1330. The maximum Gasteiger partial charge on any atom is 0.306 e. The molecule has 0 aromatic rings. The lowest BCUT2D eigenvalue weighted by Crippen LogP contribution is -2.60. The summed E-state index contributed by atoms with van der Waals surface area (Å²) in [6.45, 7) is 3.72. The van der Waals surface area contributed by atoms with Gasteiger partial charge in [-0.05, 0) is 57.8 Å². The molecule has 0 radical (unpaired) electrons. The van der Waals surface area contributed by atoms with Crippen molar-refractivity contribution in [2.45, 2.75) is 230 Å². The number of hydrogen-bond acceptors (Lipinski definition) is 11. The van der Waals surface area contributed by atoms with Gasteiger partial charge < -0.3 is 34.3 Å². The minimum absolute atomic E-state index is 0.159. The summed E-state index contributed by atoms with van der Waals surface area (Å²) in [7, 11) is -4.61. The lowest BCUT2D eigenvalue weighted by atomic mass is 10.00. The van der Waals surface area contributed by atoms with E-state index in [4.69, 9.17) is 18.9 Å². The second-order valence-electron chi connectivity index (χ2n) is 16.8. The molecule has 1 rings (SSSR count). The molecule has 0 spiro atoms. The van der Waals surface area contributed by atoms with Crippen molar-refractivity contribution in [3.63, 3.8) is 0 Å². The summed E-state index contributed by atoms with van der Waals surface area (Å²) in [5.74, 6) is -2.02. The Hall–Kier alpha value is -2.39. The van der Waals surface area contributed by atoms with Crippen LogP contribution in [0.1, 0.15) is 194 Å². The summed E-state index contributed by atoms with van der Waals surface area (Å²) in [5.41, 5.74) is 0. The lowest BCUT2D eigenvalue weighted by molar-refractivity contribution is -0.297. The number of ether oxygens (including phenoxy) is 4. The van der Waals surface area contributed by atoms with Crippen LogP contribution in [0.2, 0.25) is 0 Å². The van der Waals surface area contributed by atoms with Gasteiger partial charge in [-0.25, -0.2) is 0 Å². The predicted molar refractivity (Wildman–Crippen MR) is 247 cm³/mol. The molecule has 6 atom stereocenters. The molecule has 0 aromatic heterocycles. The van der Waals surface area contributed by atoms with Crippen LogP contribution in [0.25, 0.3) is 0 Å². The van der Waals surface area contributed by atoms with Crippen LogP contribution in [0.3, 0.4) is 0 Å². The van der Waals surface area contributed by atoms with E-state index in [0.717, 1.165) is 57.8 Å². The standard InChI is InChI=1S/C49H86O12S/c1-3-5-7-9-11-13-15-17-19-20-21-22-24-25-27-29-31-33-35-37-44(50)58-39-42(40-59-49-48(54)47(53)46(52)43(61-49)41-62(55,56)57)60-45(51)38-36-34-32-30-28-26-23-18-16-14-12-10-8-6-4-2/h11,13,17,19,21-22,25,27,42-43,46-49,52-54H,3-10,12,14-16,18,20,23-24,26,28-41H2,1-2H3,(H,55,56,57)/b13-11+,19-17+,22-21+,27-25+/t42-,43-,46-,47?,48?,49+/m1/s1. The number of carbonyl (C=O) groups is 2. The third-order valence-corrected chi connectivity index (χ3v) is 11.7. The SMILES string of the molecule is CCCCC/C=C/C/C=C/C/C=C/C/C=C/CCCCCC(=O)OC[C@H](CO[C@H]1O[C@H](CS(=O)(=O)O)[C@@H](O)C(O)C1O)OC(=O)CCCCCCCCCCCCCCCCC. The van der Waals surface area contributed by atoms with Gasteiger partial charge in [-0.3, -0.25) is 14.1 Å². The summed E-state index contributed by atoms with van der Waals surface area (Å²) < 4.78 is 54.1. The fourth-order valence-corrected chi connectivity index (χ4v) is 7.82. The summed E-state index contributed by atoms with van der Waals surface area (Å²) in [4.78, 5) is 25.4. The zero-order chi connectivity index (χ0) is 45.5. The van der Waals surface area contributed by atoms with Crippen LogP contribution in [0, 0.1) is 0 Å². The minimum atomic E-state index is -4.61. The first-order valence-corrected chi connectivity index (χ1v) is 25.8. The number of allylic oxidation sites excluding steroid dienone is 8. The third kappa shape index (κ3) is 33.2. The number of rotatable bonds is 40. The van der Waals surface area contributed by atoms with Crippen LogP contribution in [-0.2, 0) is 38.7 Å². The molecule has 0 aliphatic carbocycles. The first-order valence-electron chi connectivity index (χ1n) is 24.2. The van der Waals surface area contributed by atoms with Crippen LogP contribution in [0.4, 0.5) is 0 Å². The smallest absolute Gasteiger partial charge is 0.306 e. The predicted octanol–water partition coefficient (Wildman–Crippen LogP) is 10.3. The number of esters is 2. The Morgan fingerprint density at radius 3 is 1.47 bits per heavy atom. The zero-order valence-electron chi connectivity index (χ0n) is 38.5. The molecule has 0 amide bonds. The first-order chi connectivity index (χ1) is 30.0. The fourth-order valence-electron chi connectivity index (χ4n) is 7.13. The summed E-state index contributed by atoms with van der Waals surface area (Å²) in [5, 5.41) is 30.9. The van der Waals surface area contributed by atoms with E-state index in [1.54, 1.807) is 0 Å². The van der Waals surface area contributed by atoms with Crippen LogP contribution in [0.5, 0.6) is 0 Å². The van der Waals surface area contributed by atoms with E-state index >= 15 is 0 Å². The highest BCUT2D eigenvalue weighted by Crippen LogP contribution is 2.24. The average Bonchev–Trinajstić information content (AvgIpc) is 3.24. The van der Waals surface area contributed by atoms with Gasteiger partial charge in [0.05, 0.1) is 6.61 Å². The first kappa shape index (κ1) is 57.6. The highest BCUT2D eigenvalue weighted by Gasteiger charge is 2.46. The Morgan fingerprint density at radius 1 is 0.548 bits per heavy atom. The van der Waals surface area contributed by atoms with Crippen LogP contribution in [-0.4, -0.2) is 96.0 Å². The van der Waals surface area contributed by atoms with E-state index in [0.29, 0.717) is 12.8 Å². The molecule has 2 unspecified atom stereocenters. The molecule has 360 valence electrons. The third-order valence-electron chi connectivity index (χ3n) is 10.9. The number of carbonyl (C=O) groups excluding carboxylic acids is 2. The van der Waals surface area contributed by atoms with Crippen molar-refractivity contribution < 1.29 is 56.8 Å². The van der Waals surface area contributed by atoms with E-state index in [-0.39, 0.29) is 19.4 Å². The van der Waals surface area contributed by atoms with E-state index < -0.39 is 71.2 Å². The molecule has 4 N–H and O–H groups in total. The van der Waals surface area contributed by atoms with Crippen molar-refractivity contribution in [2.24, 2.45) is 0 Å². The van der Waals surface area contributed by atoms with E-state index in [1.165, 1.54) is 96.3 Å². The zero-order valence-corrected chi connectivity index (χ0v) is 39.3. The van der Waals surface area contributed by atoms with Gasteiger partial charge in [0, 0.05) is 12.8 Å².